The van der Waals surface area contributed by atoms with E-state index in [1.165, 1.54) is 13.2 Å². The summed E-state index contributed by atoms with van der Waals surface area (Å²) in [6.07, 6.45) is 4.51. The van der Waals surface area contributed by atoms with Crippen LogP contribution in [-0.2, 0) is 9.59 Å². The van der Waals surface area contributed by atoms with Crippen LogP contribution in [-0.4, -0.2) is 78.3 Å². The lowest BCUT2D eigenvalue weighted by molar-refractivity contribution is -0.138. The molecule has 1 aliphatic carbocycles. The van der Waals surface area contributed by atoms with E-state index in [1.54, 1.807) is 24.0 Å². The number of aliphatic hydroxyl groups is 2. The summed E-state index contributed by atoms with van der Waals surface area (Å²) in [4.78, 5) is 38.7. The van der Waals surface area contributed by atoms with E-state index in [-0.39, 0.29) is 37.8 Å². The van der Waals surface area contributed by atoms with Gasteiger partial charge in [-0.3, -0.25) is 14.4 Å². The van der Waals surface area contributed by atoms with Crippen molar-refractivity contribution in [2.45, 2.75) is 70.6 Å². The summed E-state index contributed by atoms with van der Waals surface area (Å²) in [5.74, 6) is 0.159. The van der Waals surface area contributed by atoms with Crippen LogP contribution < -0.4 is 14.8 Å². The van der Waals surface area contributed by atoms with Crippen LogP contribution in [0, 0.1) is 3.57 Å². The molecular weight excluding hydrogens is 579 g/mol. The summed E-state index contributed by atoms with van der Waals surface area (Å²) in [5, 5.41) is 23.2. The fraction of sp³-hybridized carbons (Fsp3) is 0.577. The van der Waals surface area contributed by atoms with Crippen molar-refractivity contribution in [3.63, 3.8) is 0 Å². The van der Waals surface area contributed by atoms with Crippen molar-refractivity contribution in [1.29, 1.82) is 0 Å². The number of carbonyl (C=O) groups is 3. The third kappa shape index (κ3) is 7.91. The van der Waals surface area contributed by atoms with Crippen molar-refractivity contribution in [3.05, 3.63) is 32.9 Å². The maximum absolute atomic E-state index is 12.9. The number of aldehydes is 1. The molecule has 0 spiro atoms. The third-order valence-corrected chi connectivity index (χ3v) is 6.93. The number of aliphatic hydroxyl groups excluding tert-OH is 2. The smallest absolute Gasteiger partial charge is 0.247 e. The highest BCUT2D eigenvalue weighted by atomic mass is 127. The van der Waals surface area contributed by atoms with Gasteiger partial charge in [0.2, 0.25) is 11.8 Å². The number of amides is 2. The van der Waals surface area contributed by atoms with Crippen molar-refractivity contribution in [3.8, 4) is 11.5 Å². The van der Waals surface area contributed by atoms with Gasteiger partial charge in [0.25, 0.3) is 0 Å². The van der Waals surface area contributed by atoms with Crippen molar-refractivity contribution >= 4 is 40.7 Å². The highest BCUT2D eigenvalue weighted by molar-refractivity contribution is 14.1. The number of methoxy groups -OCH3 is 1. The number of carbonyl (C=O) groups excluding carboxylic acids is 3. The van der Waals surface area contributed by atoms with Gasteiger partial charge in [0.15, 0.2) is 11.5 Å². The van der Waals surface area contributed by atoms with Gasteiger partial charge in [-0.05, 0) is 47.2 Å². The number of hydrogen-bond acceptors (Lipinski definition) is 7. The molecule has 3 N–H and O–H groups in total. The minimum atomic E-state index is -1.10. The maximum Gasteiger partial charge on any atom is 0.247 e. The minimum absolute atomic E-state index is 0.0857. The summed E-state index contributed by atoms with van der Waals surface area (Å²) >= 11 is 2.02. The highest BCUT2D eigenvalue weighted by Crippen LogP contribution is 2.37. The molecule has 36 heavy (non-hydrogen) atoms. The number of nitrogens with one attached hydrogen (secondary N) is 1. The molecule has 0 fully saturated rings. The third-order valence-electron chi connectivity index (χ3n) is 6.13. The topological polar surface area (TPSA) is 125 Å². The van der Waals surface area contributed by atoms with Gasteiger partial charge in [-0.2, -0.15) is 0 Å². The molecule has 3 unspecified atom stereocenters. The average molecular weight is 616 g/mol. The van der Waals surface area contributed by atoms with Crippen LogP contribution in [0.2, 0.25) is 0 Å². The Morgan fingerprint density at radius 1 is 1.25 bits per heavy atom. The fourth-order valence-corrected chi connectivity index (χ4v) is 4.98. The molecule has 0 heterocycles. The SMILES string of the molecule is CCCCCCN(C(=O)CC)C1CC(C(=O)NCCO)=CC(Oc2c(I)cc(C=O)cc2OC)C1O. The Kier molecular flexibility index (Phi) is 12.7. The molecule has 0 radical (unpaired) electrons. The Balaban J connectivity index is 2.44. The molecule has 2 amide bonds. The monoisotopic (exact) mass is 616 g/mol. The molecular formula is C26H37IN2O7. The first-order chi connectivity index (χ1) is 17.3. The lowest BCUT2D eigenvalue weighted by Gasteiger charge is -2.40. The quantitative estimate of drug-likeness (QED) is 0.167. The van der Waals surface area contributed by atoms with Crippen LogP contribution in [0.1, 0.15) is 62.7 Å². The number of ether oxygens (including phenoxy) is 2. The van der Waals surface area contributed by atoms with Gasteiger partial charge in [0.05, 0.1) is 23.3 Å². The van der Waals surface area contributed by atoms with E-state index in [9.17, 15) is 19.5 Å². The Morgan fingerprint density at radius 3 is 2.61 bits per heavy atom. The van der Waals surface area contributed by atoms with E-state index in [1.807, 2.05) is 22.6 Å². The largest absolute Gasteiger partial charge is 0.493 e. The molecule has 0 saturated heterocycles. The van der Waals surface area contributed by atoms with Gasteiger partial charge in [-0.25, -0.2) is 0 Å². The molecule has 10 heteroatoms. The Hall–Kier alpha value is -2.18. The molecule has 1 aromatic carbocycles. The number of halogens is 1. The van der Waals surface area contributed by atoms with Gasteiger partial charge in [-0.1, -0.05) is 33.1 Å². The lowest BCUT2D eigenvalue weighted by atomic mass is 9.87. The van der Waals surface area contributed by atoms with Crippen LogP contribution in [0.5, 0.6) is 11.5 Å². The van der Waals surface area contributed by atoms with Crippen molar-refractivity contribution in [2.75, 3.05) is 26.8 Å². The molecule has 0 bridgehead atoms. The Labute approximate surface area is 226 Å². The highest BCUT2D eigenvalue weighted by Gasteiger charge is 2.40. The van der Waals surface area contributed by atoms with Crippen LogP contribution in [0.3, 0.4) is 0 Å². The number of nitrogens with zero attached hydrogens (tertiary/aromatic N) is 1. The Bertz CT molecular complexity index is 937. The normalized spacial score (nSPS) is 19.3. The summed E-state index contributed by atoms with van der Waals surface area (Å²) in [7, 11) is 1.45. The Morgan fingerprint density at radius 2 is 2.00 bits per heavy atom. The lowest BCUT2D eigenvalue weighted by Crippen LogP contribution is -2.55. The van der Waals surface area contributed by atoms with Gasteiger partial charge >= 0.3 is 0 Å². The van der Waals surface area contributed by atoms with E-state index in [4.69, 9.17) is 14.6 Å². The number of benzene rings is 1. The van der Waals surface area contributed by atoms with E-state index < -0.39 is 18.2 Å². The number of unbranched alkanes of at least 4 members (excludes halogenated alkanes) is 3. The van der Waals surface area contributed by atoms with Crippen LogP contribution in [0.15, 0.2) is 23.8 Å². The summed E-state index contributed by atoms with van der Waals surface area (Å²) in [5.41, 5.74) is 0.779. The van der Waals surface area contributed by atoms with E-state index in [2.05, 4.69) is 12.2 Å². The molecule has 2 rings (SSSR count). The maximum atomic E-state index is 12.9. The predicted octanol–water partition coefficient (Wildman–Crippen LogP) is 2.85. The second-order valence-corrected chi connectivity index (χ2v) is 9.83. The molecule has 1 aliphatic rings. The van der Waals surface area contributed by atoms with Crippen molar-refractivity contribution in [1.82, 2.24) is 10.2 Å². The van der Waals surface area contributed by atoms with Crippen LogP contribution in [0.25, 0.3) is 0 Å². The zero-order valence-electron chi connectivity index (χ0n) is 21.2. The van der Waals surface area contributed by atoms with Crippen LogP contribution >= 0.6 is 22.6 Å². The van der Waals surface area contributed by atoms with Gasteiger partial charge < -0.3 is 29.9 Å². The molecule has 0 aliphatic heterocycles. The number of rotatable bonds is 14. The van der Waals surface area contributed by atoms with Crippen LogP contribution in [0.4, 0.5) is 0 Å². The molecule has 1 aromatic rings. The zero-order chi connectivity index (χ0) is 26.7. The van der Waals surface area contributed by atoms with E-state index in [0.29, 0.717) is 39.0 Å². The van der Waals surface area contributed by atoms with E-state index in [0.717, 1.165) is 25.7 Å². The fourth-order valence-electron chi connectivity index (χ4n) is 4.23. The molecule has 9 nitrogen and oxygen atoms in total. The zero-order valence-corrected chi connectivity index (χ0v) is 23.3. The summed E-state index contributed by atoms with van der Waals surface area (Å²) < 4.78 is 12.2. The summed E-state index contributed by atoms with van der Waals surface area (Å²) in [6.45, 7) is 4.24. The van der Waals surface area contributed by atoms with Gasteiger partial charge in [0.1, 0.15) is 18.5 Å². The minimum Gasteiger partial charge on any atom is -0.493 e. The first-order valence-corrected chi connectivity index (χ1v) is 13.5. The molecule has 3 atom stereocenters. The molecule has 0 aromatic heterocycles. The van der Waals surface area contributed by atoms with Crippen molar-refractivity contribution in [2.24, 2.45) is 0 Å². The standard InChI is InChI=1S/C26H37IN2O7/c1-4-6-7-8-10-29(23(32)5-2)20-14-18(26(34)28-9-11-30)15-21(24(20)33)36-25-19(27)12-17(16-31)13-22(25)35-3/h12-13,15-16,20-21,24,30,33H,4-11,14H2,1-3H3,(H,28,34). The predicted molar refractivity (Wildman–Crippen MR) is 144 cm³/mol. The first kappa shape index (κ1) is 30.0. The second-order valence-electron chi connectivity index (χ2n) is 8.67. The van der Waals surface area contributed by atoms with Crippen molar-refractivity contribution < 1.29 is 34.1 Å². The molecule has 200 valence electrons. The second kappa shape index (κ2) is 15.2. The van der Waals surface area contributed by atoms with Gasteiger partial charge in [0, 0.05) is 37.1 Å². The molecule has 0 saturated carbocycles. The van der Waals surface area contributed by atoms with Gasteiger partial charge in [-0.15, -0.1) is 0 Å². The summed E-state index contributed by atoms with van der Waals surface area (Å²) in [6, 6.07) is 2.51. The number of hydrogen-bond donors (Lipinski definition) is 3. The van der Waals surface area contributed by atoms with E-state index >= 15 is 0 Å². The average Bonchev–Trinajstić information content (AvgIpc) is 2.89. The first-order valence-electron chi connectivity index (χ1n) is 12.4.